The summed E-state index contributed by atoms with van der Waals surface area (Å²) in [6.07, 6.45) is -0.382. The van der Waals surface area contributed by atoms with Gasteiger partial charge in [0.15, 0.2) is 9.84 Å². The molecular formula is C24H28F2N4O3S2. The van der Waals surface area contributed by atoms with Crippen molar-refractivity contribution in [3.05, 3.63) is 35.0 Å². The van der Waals surface area contributed by atoms with Crippen LogP contribution in [0.2, 0.25) is 0 Å². The molecule has 1 aliphatic heterocycles. The van der Waals surface area contributed by atoms with Crippen molar-refractivity contribution in [1.82, 2.24) is 10.3 Å². The number of thiazole rings is 1. The van der Waals surface area contributed by atoms with Gasteiger partial charge in [0, 0.05) is 30.6 Å². The molecule has 2 fully saturated rings. The molecule has 4 rings (SSSR count). The van der Waals surface area contributed by atoms with E-state index in [0.29, 0.717) is 36.6 Å². The third kappa shape index (κ3) is 5.81. The van der Waals surface area contributed by atoms with Crippen LogP contribution in [-0.2, 0) is 21.3 Å². The number of halogens is 2. The van der Waals surface area contributed by atoms with Crippen molar-refractivity contribution in [1.29, 1.82) is 5.26 Å². The first-order valence-corrected chi connectivity index (χ1v) is 14.3. The molecule has 1 aromatic heterocycles. The fourth-order valence-electron chi connectivity index (χ4n) is 4.78. The van der Waals surface area contributed by atoms with Crippen LogP contribution in [0.25, 0.3) is 10.4 Å². The van der Waals surface area contributed by atoms with Gasteiger partial charge in [0.2, 0.25) is 5.91 Å². The maximum absolute atomic E-state index is 14.3. The number of nitrogens with zero attached hydrogens (tertiary/aromatic N) is 3. The first kappa shape index (κ1) is 25.5. The second-order valence-electron chi connectivity index (χ2n) is 9.12. The molecule has 0 spiro atoms. The number of anilines is 1. The number of hydrogen-bond acceptors (Lipinski definition) is 7. The maximum atomic E-state index is 14.3. The highest BCUT2D eigenvalue weighted by atomic mass is 32.2. The van der Waals surface area contributed by atoms with Gasteiger partial charge in [0.05, 0.1) is 28.1 Å². The minimum Gasteiger partial charge on any atom is -0.369 e. The zero-order valence-electron chi connectivity index (χ0n) is 19.4. The average molecular weight is 523 g/mol. The van der Waals surface area contributed by atoms with E-state index in [-0.39, 0.29) is 29.8 Å². The molecule has 4 atom stereocenters. The summed E-state index contributed by atoms with van der Waals surface area (Å²) in [6.45, 7) is 1.70. The Morgan fingerprint density at radius 3 is 2.60 bits per heavy atom. The number of carbonyl (C=O) groups is 1. The maximum Gasteiger partial charge on any atom is 0.224 e. The van der Waals surface area contributed by atoms with E-state index < -0.39 is 34.6 Å². The van der Waals surface area contributed by atoms with Crippen LogP contribution in [0, 0.1) is 17.2 Å². The summed E-state index contributed by atoms with van der Waals surface area (Å²) < 4.78 is 51.4. The number of hydrogen-bond donors (Lipinski definition) is 1. The van der Waals surface area contributed by atoms with Crippen LogP contribution in [0.1, 0.15) is 42.8 Å². The topological polar surface area (TPSA) is 103 Å². The van der Waals surface area contributed by atoms with Gasteiger partial charge in [-0.2, -0.15) is 5.26 Å². The van der Waals surface area contributed by atoms with Gasteiger partial charge in [0.1, 0.15) is 23.9 Å². The van der Waals surface area contributed by atoms with Crippen LogP contribution in [-0.4, -0.2) is 56.1 Å². The summed E-state index contributed by atoms with van der Waals surface area (Å²) in [5, 5.41) is 12.0. The number of nitriles is 1. The van der Waals surface area contributed by atoms with Crippen LogP contribution < -0.4 is 10.2 Å². The lowest BCUT2D eigenvalue weighted by molar-refractivity contribution is -0.127. The van der Waals surface area contributed by atoms with Gasteiger partial charge in [-0.15, -0.1) is 11.3 Å². The van der Waals surface area contributed by atoms with E-state index in [1.165, 1.54) is 11.3 Å². The van der Waals surface area contributed by atoms with Crippen molar-refractivity contribution in [2.45, 2.75) is 51.0 Å². The third-order valence-electron chi connectivity index (χ3n) is 6.68. The van der Waals surface area contributed by atoms with Crippen molar-refractivity contribution in [2.75, 3.05) is 29.5 Å². The second kappa shape index (κ2) is 10.6. The number of carbonyl (C=O) groups excluding carboxylic acids is 1. The lowest BCUT2D eigenvalue weighted by Gasteiger charge is -2.32. The first-order chi connectivity index (χ1) is 16.7. The Labute approximate surface area is 208 Å². The molecule has 2 aliphatic rings. The minimum absolute atomic E-state index is 0.0351. The summed E-state index contributed by atoms with van der Waals surface area (Å²) in [5.41, 5.74) is 2.31. The van der Waals surface area contributed by atoms with E-state index in [9.17, 15) is 22.0 Å². The Balaban J connectivity index is 1.62. The molecular weight excluding hydrogens is 494 g/mol. The predicted molar refractivity (Wildman–Crippen MR) is 131 cm³/mol. The Bertz CT molecular complexity index is 1200. The summed E-state index contributed by atoms with van der Waals surface area (Å²) in [4.78, 5) is 20.2. The molecule has 35 heavy (non-hydrogen) atoms. The van der Waals surface area contributed by atoms with Crippen molar-refractivity contribution in [2.24, 2.45) is 5.92 Å². The summed E-state index contributed by atoms with van der Waals surface area (Å²) in [5.74, 6) is -1.22. The lowest BCUT2D eigenvalue weighted by Crippen LogP contribution is -2.41. The molecule has 0 bridgehead atoms. The highest BCUT2D eigenvalue weighted by Gasteiger charge is 2.39. The molecule has 0 radical (unpaired) electrons. The Morgan fingerprint density at radius 1 is 1.29 bits per heavy atom. The van der Waals surface area contributed by atoms with Gasteiger partial charge in [-0.25, -0.2) is 22.2 Å². The van der Waals surface area contributed by atoms with Crippen LogP contribution in [0.4, 0.5) is 14.5 Å². The van der Waals surface area contributed by atoms with Gasteiger partial charge in [0.25, 0.3) is 0 Å². The number of nitrogens with one attached hydrogen (secondary N) is 1. The number of aromatic nitrogens is 1. The van der Waals surface area contributed by atoms with Crippen LogP contribution >= 0.6 is 11.3 Å². The van der Waals surface area contributed by atoms with Crippen LogP contribution in [0.15, 0.2) is 24.3 Å². The van der Waals surface area contributed by atoms with Gasteiger partial charge in [-0.1, -0.05) is 12.1 Å². The molecule has 1 aliphatic carbocycles. The van der Waals surface area contributed by atoms with Gasteiger partial charge in [-0.05, 0) is 43.9 Å². The number of alkyl halides is 2. The molecule has 2 heterocycles. The Morgan fingerprint density at radius 2 is 1.97 bits per heavy atom. The van der Waals surface area contributed by atoms with Crippen molar-refractivity contribution >= 4 is 32.8 Å². The van der Waals surface area contributed by atoms with Crippen molar-refractivity contribution in [3.8, 4) is 16.5 Å². The van der Waals surface area contributed by atoms with E-state index in [1.807, 2.05) is 35.2 Å². The number of rotatable bonds is 6. The zero-order valence-corrected chi connectivity index (χ0v) is 21.0. The van der Waals surface area contributed by atoms with E-state index >= 15 is 0 Å². The zero-order chi connectivity index (χ0) is 25.2. The smallest absolute Gasteiger partial charge is 0.224 e. The molecule has 1 N–H and O–H groups in total. The first-order valence-electron chi connectivity index (χ1n) is 11.7. The van der Waals surface area contributed by atoms with Crippen LogP contribution in [0.5, 0.6) is 0 Å². The lowest BCUT2D eigenvalue weighted by atomic mass is 9.75. The SMILES string of the molecule is C[C@@H](C#N)NC(=O)[C@@H]1C[C@@H](F)CC[C@H]1c1nc(CF)sc1-c1ccc(N2CCS(=O)(=O)CC2)cc1. The molecule has 1 saturated carbocycles. The van der Waals surface area contributed by atoms with E-state index in [2.05, 4.69) is 10.3 Å². The molecule has 188 valence electrons. The summed E-state index contributed by atoms with van der Waals surface area (Å²) >= 11 is 1.22. The van der Waals surface area contributed by atoms with Crippen LogP contribution in [0.3, 0.4) is 0 Å². The van der Waals surface area contributed by atoms with Gasteiger partial charge >= 0.3 is 0 Å². The Hall–Kier alpha value is -2.58. The molecule has 1 saturated heterocycles. The van der Waals surface area contributed by atoms with E-state index in [1.54, 1.807) is 6.92 Å². The molecule has 11 heteroatoms. The van der Waals surface area contributed by atoms with Gasteiger partial charge < -0.3 is 10.2 Å². The minimum atomic E-state index is -2.98. The highest BCUT2D eigenvalue weighted by Crippen LogP contribution is 2.45. The largest absolute Gasteiger partial charge is 0.369 e. The monoisotopic (exact) mass is 522 g/mol. The fraction of sp³-hybridized carbons (Fsp3) is 0.542. The number of amides is 1. The predicted octanol–water partition coefficient (Wildman–Crippen LogP) is 3.76. The van der Waals surface area contributed by atoms with E-state index in [4.69, 9.17) is 5.26 Å². The van der Waals surface area contributed by atoms with E-state index in [0.717, 1.165) is 16.1 Å². The van der Waals surface area contributed by atoms with Gasteiger partial charge in [-0.3, -0.25) is 4.79 Å². The third-order valence-corrected chi connectivity index (χ3v) is 9.37. The molecule has 0 unspecified atom stereocenters. The molecule has 1 aromatic carbocycles. The molecule has 7 nitrogen and oxygen atoms in total. The molecule has 1 amide bonds. The summed E-state index contributed by atoms with van der Waals surface area (Å²) in [7, 11) is -2.98. The van der Waals surface area contributed by atoms with Crippen molar-refractivity contribution < 1.29 is 22.0 Å². The highest BCUT2D eigenvalue weighted by molar-refractivity contribution is 7.91. The fourth-order valence-corrected chi connectivity index (χ4v) is 6.97. The summed E-state index contributed by atoms with van der Waals surface area (Å²) in [6, 6.07) is 8.86. The quantitative estimate of drug-likeness (QED) is 0.620. The number of sulfone groups is 1. The normalized spacial score (nSPS) is 25.0. The second-order valence-corrected chi connectivity index (χ2v) is 12.5. The average Bonchev–Trinajstić information content (AvgIpc) is 3.28. The number of benzene rings is 1. The standard InChI is InChI=1S/C24H28F2N4O3S2/c1-15(14-27)28-24(31)20-12-17(26)4-7-19(20)22-23(34-21(13-25)29-22)16-2-5-18(6-3-16)30-8-10-35(32,33)11-9-30/h2-3,5-6,15,17,19-20H,4,7-13H2,1H3,(H,28,31)/t15-,17-,19+,20+/m0/s1. The Kier molecular flexibility index (Phi) is 7.71. The van der Waals surface area contributed by atoms with Crippen molar-refractivity contribution in [3.63, 3.8) is 0 Å². The molecule has 2 aromatic rings.